The van der Waals surface area contributed by atoms with Gasteiger partial charge in [-0.1, -0.05) is 6.42 Å². The number of aliphatic hydroxyl groups is 1. The molecular formula is C7H13NO2. The Morgan fingerprint density at radius 3 is 2.70 bits per heavy atom. The lowest BCUT2D eigenvalue weighted by Gasteiger charge is -2.10. The minimum atomic E-state index is -0.300. The van der Waals surface area contributed by atoms with Crippen molar-refractivity contribution in [3.63, 3.8) is 0 Å². The monoisotopic (exact) mass is 143 g/mol. The summed E-state index contributed by atoms with van der Waals surface area (Å²) in [6, 6.07) is 0. The van der Waals surface area contributed by atoms with E-state index in [1.54, 1.807) is 0 Å². The van der Waals surface area contributed by atoms with Crippen LogP contribution < -0.4 is 5.73 Å². The van der Waals surface area contributed by atoms with Gasteiger partial charge >= 0.3 is 0 Å². The molecule has 0 radical (unpaired) electrons. The van der Waals surface area contributed by atoms with Crippen LogP contribution in [-0.4, -0.2) is 17.1 Å². The van der Waals surface area contributed by atoms with Gasteiger partial charge in [-0.15, -0.1) is 0 Å². The van der Waals surface area contributed by atoms with E-state index in [0.717, 1.165) is 19.3 Å². The van der Waals surface area contributed by atoms with Gasteiger partial charge < -0.3 is 10.8 Å². The van der Waals surface area contributed by atoms with E-state index in [0.29, 0.717) is 6.42 Å². The summed E-state index contributed by atoms with van der Waals surface area (Å²) in [5.41, 5.74) is 4.98. The maximum Gasteiger partial charge on any atom is 0.217 e. The molecule has 3 nitrogen and oxygen atoms in total. The molecule has 3 N–H and O–H groups in total. The Kier molecular flexibility index (Phi) is 2.27. The van der Waals surface area contributed by atoms with Crippen LogP contribution in [0.5, 0.6) is 0 Å². The summed E-state index contributed by atoms with van der Waals surface area (Å²) in [5, 5.41) is 9.23. The van der Waals surface area contributed by atoms with Crippen molar-refractivity contribution >= 4 is 5.91 Å². The lowest BCUT2D eigenvalue weighted by molar-refractivity contribution is -0.119. The van der Waals surface area contributed by atoms with Gasteiger partial charge in [-0.25, -0.2) is 0 Å². The topological polar surface area (TPSA) is 63.3 Å². The van der Waals surface area contributed by atoms with E-state index < -0.39 is 0 Å². The maximum atomic E-state index is 10.4. The van der Waals surface area contributed by atoms with Gasteiger partial charge in [-0.05, 0) is 18.8 Å². The fraction of sp³-hybridized carbons (Fsp3) is 0.857. The Balaban J connectivity index is 2.33. The first-order valence-electron chi connectivity index (χ1n) is 3.66. The molecule has 2 atom stereocenters. The molecule has 0 bridgehead atoms. The van der Waals surface area contributed by atoms with Crippen LogP contribution in [0.2, 0.25) is 0 Å². The zero-order chi connectivity index (χ0) is 7.56. The molecule has 1 aliphatic carbocycles. The Morgan fingerprint density at radius 1 is 1.60 bits per heavy atom. The molecular weight excluding hydrogens is 130 g/mol. The van der Waals surface area contributed by atoms with E-state index in [1.807, 2.05) is 0 Å². The smallest absolute Gasteiger partial charge is 0.217 e. The highest BCUT2D eigenvalue weighted by atomic mass is 16.3. The molecule has 3 heteroatoms. The largest absolute Gasteiger partial charge is 0.393 e. The van der Waals surface area contributed by atoms with Gasteiger partial charge in [-0.2, -0.15) is 0 Å². The predicted octanol–water partition coefficient (Wildman–Crippen LogP) is 0.0228. The molecule has 0 aromatic carbocycles. The van der Waals surface area contributed by atoms with Crippen LogP contribution in [0.15, 0.2) is 0 Å². The number of aliphatic hydroxyl groups excluding tert-OH is 1. The van der Waals surface area contributed by atoms with Gasteiger partial charge in [0.25, 0.3) is 0 Å². The normalized spacial score (nSPS) is 32.5. The summed E-state index contributed by atoms with van der Waals surface area (Å²) in [7, 11) is 0. The number of rotatable bonds is 2. The summed E-state index contributed by atoms with van der Waals surface area (Å²) >= 11 is 0. The molecule has 0 spiro atoms. The van der Waals surface area contributed by atoms with Crippen molar-refractivity contribution in [3.8, 4) is 0 Å². The molecule has 1 amide bonds. The molecule has 1 aliphatic rings. The van der Waals surface area contributed by atoms with Crippen LogP contribution in [0.3, 0.4) is 0 Å². The standard InChI is InChI=1S/C7H13NO2/c8-7(10)4-5-2-1-3-6(5)9/h5-6,9H,1-4H2,(H2,8,10)/t5-,6-/m1/s1. The Labute approximate surface area is 60.2 Å². The number of primary amides is 1. The highest BCUT2D eigenvalue weighted by molar-refractivity contribution is 5.74. The second-order valence-electron chi connectivity index (χ2n) is 2.93. The average Bonchev–Trinajstić information content (AvgIpc) is 2.15. The molecule has 10 heavy (non-hydrogen) atoms. The first-order chi connectivity index (χ1) is 4.70. The van der Waals surface area contributed by atoms with Crippen molar-refractivity contribution in [2.75, 3.05) is 0 Å². The van der Waals surface area contributed by atoms with Crippen molar-refractivity contribution in [2.24, 2.45) is 11.7 Å². The van der Waals surface area contributed by atoms with E-state index in [-0.39, 0.29) is 17.9 Å². The Hall–Kier alpha value is -0.570. The van der Waals surface area contributed by atoms with Crippen LogP contribution in [0, 0.1) is 5.92 Å². The van der Waals surface area contributed by atoms with E-state index in [2.05, 4.69) is 0 Å². The van der Waals surface area contributed by atoms with E-state index in [4.69, 9.17) is 5.73 Å². The van der Waals surface area contributed by atoms with Crippen molar-refractivity contribution < 1.29 is 9.90 Å². The molecule has 58 valence electrons. The second-order valence-corrected chi connectivity index (χ2v) is 2.93. The third-order valence-corrected chi connectivity index (χ3v) is 2.08. The molecule has 0 unspecified atom stereocenters. The zero-order valence-corrected chi connectivity index (χ0v) is 5.92. The predicted molar refractivity (Wildman–Crippen MR) is 37.2 cm³/mol. The number of hydrogen-bond donors (Lipinski definition) is 2. The number of carbonyl (C=O) groups is 1. The fourth-order valence-electron chi connectivity index (χ4n) is 1.51. The molecule has 0 saturated heterocycles. The van der Waals surface area contributed by atoms with Crippen molar-refractivity contribution in [3.05, 3.63) is 0 Å². The maximum absolute atomic E-state index is 10.4. The molecule has 1 fully saturated rings. The van der Waals surface area contributed by atoms with Crippen LogP contribution in [0.1, 0.15) is 25.7 Å². The van der Waals surface area contributed by atoms with Crippen molar-refractivity contribution in [1.82, 2.24) is 0 Å². The van der Waals surface area contributed by atoms with Crippen LogP contribution >= 0.6 is 0 Å². The van der Waals surface area contributed by atoms with Gasteiger partial charge in [0.2, 0.25) is 5.91 Å². The van der Waals surface area contributed by atoms with Gasteiger partial charge in [0, 0.05) is 6.42 Å². The zero-order valence-electron chi connectivity index (χ0n) is 5.92. The lowest BCUT2D eigenvalue weighted by Crippen LogP contribution is -2.21. The highest BCUT2D eigenvalue weighted by Crippen LogP contribution is 2.27. The molecule has 1 saturated carbocycles. The quantitative estimate of drug-likeness (QED) is 0.572. The van der Waals surface area contributed by atoms with Crippen LogP contribution in [0.25, 0.3) is 0 Å². The SMILES string of the molecule is NC(=O)C[C@H]1CCC[C@H]1O. The Morgan fingerprint density at radius 2 is 2.30 bits per heavy atom. The number of carbonyl (C=O) groups excluding carboxylic acids is 1. The molecule has 0 aliphatic heterocycles. The fourth-order valence-corrected chi connectivity index (χ4v) is 1.51. The van der Waals surface area contributed by atoms with Gasteiger partial charge in [-0.3, -0.25) is 4.79 Å². The molecule has 1 rings (SSSR count). The minimum Gasteiger partial charge on any atom is -0.393 e. The first kappa shape index (κ1) is 7.54. The third kappa shape index (κ3) is 1.70. The number of nitrogens with two attached hydrogens (primary N) is 1. The van der Waals surface area contributed by atoms with Crippen molar-refractivity contribution in [1.29, 1.82) is 0 Å². The summed E-state index contributed by atoms with van der Waals surface area (Å²) < 4.78 is 0. The van der Waals surface area contributed by atoms with E-state index in [9.17, 15) is 9.90 Å². The highest BCUT2D eigenvalue weighted by Gasteiger charge is 2.26. The average molecular weight is 143 g/mol. The minimum absolute atomic E-state index is 0.137. The summed E-state index contributed by atoms with van der Waals surface area (Å²) in [6.07, 6.45) is 2.87. The van der Waals surface area contributed by atoms with Crippen LogP contribution in [0.4, 0.5) is 0 Å². The van der Waals surface area contributed by atoms with Gasteiger partial charge in [0.1, 0.15) is 0 Å². The summed E-state index contributed by atoms with van der Waals surface area (Å²) in [6.45, 7) is 0. The number of hydrogen-bond acceptors (Lipinski definition) is 2. The molecule has 0 aromatic heterocycles. The Bertz CT molecular complexity index is 136. The van der Waals surface area contributed by atoms with E-state index >= 15 is 0 Å². The van der Waals surface area contributed by atoms with Gasteiger partial charge in [0.15, 0.2) is 0 Å². The number of amides is 1. The van der Waals surface area contributed by atoms with Gasteiger partial charge in [0.05, 0.1) is 6.10 Å². The second kappa shape index (κ2) is 3.01. The van der Waals surface area contributed by atoms with Crippen molar-refractivity contribution in [2.45, 2.75) is 31.8 Å². The first-order valence-corrected chi connectivity index (χ1v) is 3.66. The lowest BCUT2D eigenvalue weighted by atomic mass is 10.0. The molecule has 0 aromatic rings. The third-order valence-electron chi connectivity index (χ3n) is 2.08. The summed E-state index contributed by atoms with van der Waals surface area (Å²) in [5.74, 6) is -0.163. The van der Waals surface area contributed by atoms with Crippen LogP contribution in [-0.2, 0) is 4.79 Å². The summed E-state index contributed by atoms with van der Waals surface area (Å²) in [4.78, 5) is 10.4. The molecule has 0 heterocycles. The van der Waals surface area contributed by atoms with E-state index in [1.165, 1.54) is 0 Å².